The minimum Gasteiger partial charge on any atom is -0.492 e. The zero-order valence-electron chi connectivity index (χ0n) is 12.1. The van der Waals surface area contributed by atoms with E-state index in [1.807, 2.05) is 25.1 Å². The molecule has 0 aliphatic rings. The molecule has 2 atom stereocenters. The van der Waals surface area contributed by atoms with E-state index in [1.54, 1.807) is 12.1 Å². The number of ether oxygens (including phenoxy) is 1. The Hall–Kier alpha value is -1.22. The first-order valence-electron chi connectivity index (χ1n) is 6.96. The van der Waals surface area contributed by atoms with Crippen LogP contribution < -0.4 is 10.5 Å². The highest BCUT2D eigenvalue weighted by atomic mass is 35.5. The topological polar surface area (TPSA) is 35.2 Å². The van der Waals surface area contributed by atoms with Crippen LogP contribution in [0, 0.1) is 0 Å². The van der Waals surface area contributed by atoms with Gasteiger partial charge in [-0.1, -0.05) is 60.5 Å². The third-order valence-electron chi connectivity index (χ3n) is 3.57. The van der Waals surface area contributed by atoms with Crippen LogP contribution in [-0.2, 0) is 0 Å². The van der Waals surface area contributed by atoms with Crippen molar-refractivity contribution in [1.82, 2.24) is 0 Å². The molecule has 0 aliphatic heterocycles. The zero-order chi connectivity index (χ0) is 15.4. The van der Waals surface area contributed by atoms with Crippen LogP contribution >= 0.6 is 23.2 Å². The van der Waals surface area contributed by atoms with E-state index in [0.29, 0.717) is 22.4 Å². The molecule has 0 saturated heterocycles. The van der Waals surface area contributed by atoms with E-state index in [0.717, 1.165) is 5.56 Å². The Morgan fingerprint density at radius 1 is 1.10 bits per heavy atom. The van der Waals surface area contributed by atoms with E-state index in [2.05, 4.69) is 19.1 Å². The Morgan fingerprint density at radius 2 is 1.76 bits per heavy atom. The van der Waals surface area contributed by atoms with E-state index in [1.165, 1.54) is 5.56 Å². The Kier molecular flexibility index (Phi) is 5.51. The summed E-state index contributed by atoms with van der Waals surface area (Å²) in [5.74, 6) is 0.727. The molecule has 2 rings (SSSR count). The van der Waals surface area contributed by atoms with Crippen molar-refractivity contribution in [3.63, 3.8) is 0 Å². The van der Waals surface area contributed by atoms with E-state index < -0.39 is 0 Å². The summed E-state index contributed by atoms with van der Waals surface area (Å²) in [5.41, 5.74) is 8.39. The molecule has 2 nitrogen and oxygen atoms in total. The van der Waals surface area contributed by atoms with Gasteiger partial charge < -0.3 is 10.5 Å². The first-order valence-corrected chi connectivity index (χ1v) is 7.72. The summed E-state index contributed by atoms with van der Waals surface area (Å²) >= 11 is 12.6. The van der Waals surface area contributed by atoms with E-state index in [9.17, 15) is 0 Å². The van der Waals surface area contributed by atoms with Crippen LogP contribution in [0.2, 0.25) is 10.0 Å². The van der Waals surface area contributed by atoms with Crippen molar-refractivity contribution in [1.29, 1.82) is 0 Å². The fourth-order valence-corrected chi connectivity index (χ4v) is 2.81. The van der Waals surface area contributed by atoms with E-state index >= 15 is 0 Å². The number of rotatable bonds is 5. The van der Waals surface area contributed by atoms with Crippen LogP contribution in [0.15, 0.2) is 42.5 Å². The molecular weight excluding hydrogens is 305 g/mol. The Balaban J connectivity index is 2.31. The van der Waals surface area contributed by atoms with Gasteiger partial charge in [0, 0.05) is 23.0 Å². The summed E-state index contributed by atoms with van der Waals surface area (Å²) in [6.45, 7) is 4.53. The summed E-state index contributed by atoms with van der Waals surface area (Å²) in [6, 6.07) is 13.4. The fourth-order valence-electron chi connectivity index (χ4n) is 2.30. The molecule has 0 bridgehead atoms. The predicted molar refractivity (Wildman–Crippen MR) is 89.4 cm³/mol. The second-order valence-electron chi connectivity index (χ2n) is 4.96. The molecule has 4 heteroatoms. The molecule has 0 radical (unpaired) electrons. The van der Waals surface area contributed by atoms with Crippen molar-refractivity contribution >= 4 is 23.2 Å². The molecule has 21 heavy (non-hydrogen) atoms. The smallest absolute Gasteiger partial charge is 0.139 e. The van der Waals surface area contributed by atoms with Crippen molar-refractivity contribution in [2.24, 2.45) is 5.73 Å². The molecule has 0 saturated carbocycles. The highest BCUT2D eigenvalue weighted by Gasteiger charge is 2.20. The largest absolute Gasteiger partial charge is 0.492 e. The van der Waals surface area contributed by atoms with Crippen LogP contribution in [-0.4, -0.2) is 6.61 Å². The minimum atomic E-state index is -0.229. The van der Waals surface area contributed by atoms with Gasteiger partial charge in [-0.3, -0.25) is 0 Å². The van der Waals surface area contributed by atoms with E-state index in [4.69, 9.17) is 33.7 Å². The maximum Gasteiger partial charge on any atom is 0.139 e. The molecule has 2 N–H and O–H groups in total. The van der Waals surface area contributed by atoms with Crippen LogP contribution in [0.5, 0.6) is 5.75 Å². The number of benzene rings is 2. The van der Waals surface area contributed by atoms with Gasteiger partial charge >= 0.3 is 0 Å². The van der Waals surface area contributed by atoms with Gasteiger partial charge in [0.05, 0.1) is 11.6 Å². The van der Waals surface area contributed by atoms with Crippen LogP contribution in [0.25, 0.3) is 0 Å². The van der Waals surface area contributed by atoms with Gasteiger partial charge in [-0.15, -0.1) is 0 Å². The molecule has 2 unspecified atom stereocenters. The lowest BCUT2D eigenvalue weighted by Crippen LogP contribution is -2.18. The molecule has 0 heterocycles. The van der Waals surface area contributed by atoms with Crippen LogP contribution in [0.4, 0.5) is 0 Å². The lowest BCUT2D eigenvalue weighted by molar-refractivity contribution is 0.340. The molecular formula is C17H19Cl2NO. The summed E-state index contributed by atoms with van der Waals surface area (Å²) < 4.78 is 5.44. The Morgan fingerprint density at radius 3 is 2.38 bits per heavy atom. The standard InChI is InChI=1S/C17H19Cl2NO/c1-3-21-16-10-14(18)13(9-15(16)19)17(20)11(2)12-7-5-4-6-8-12/h4-11,17H,3,20H2,1-2H3. The van der Waals surface area contributed by atoms with Gasteiger partial charge in [0.2, 0.25) is 0 Å². The van der Waals surface area contributed by atoms with Gasteiger partial charge in [-0.2, -0.15) is 0 Å². The second kappa shape index (κ2) is 7.17. The van der Waals surface area contributed by atoms with Crippen molar-refractivity contribution < 1.29 is 4.74 Å². The van der Waals surface area contributed by atoms with Crippen molar-refractivity contribution in [3.8, 4) is 5.75 Å². The third kappa shape index (κ3) is 3.70. The first-order chi connectivity index (χ1) is 10.0. The highest BCUT2D eigenvalue weighted by molar-refractivity contribution is 6.34. The first kappa shape index (κ1) is 16.2. The fraction of sp³-hybridized carbons (Fsp3) is 0.294. The maximum atomic E-state index is 6.38. The molecule has 0 aliphatic carbocycles. The average molecular weight is 324 g/mol. The Labute approximate surface area is 135 Å². The lowest BCUT2D eigenvalue weighted by atomic mass is 9.89. The molecule has 2 aromatic carbocycles. The predicted octanol–water partition coefficient (Wildman–Crippen LogP) is 5.20. The van der Waals surface area contributed by atoms with E-state index in [-0.39, 0.29) is 12.0 Å². The number of nitrogens with two attached hydrogens (primary N) is 1. The molecule has 0 spiro atoms. The van der Waals surface area contributed by atoms with Gasteiger partial charge in [0.25, 0.3) is 0 Å². The normalized spacial score (nSPS) is 13.8. The summed E-state index contributed by atoms with van der Waals surface area (Å²) in [7, 11) is 0. The quantitative estimate of drug-likeness (QED) is 0.821. The van der Waals surface area contributed by atoms with Gasteiger partial charge in [0.1, 0.15) is 5.75 Å². The van der Waals surface area contributed by atoms with Crippen molar-refractivity contribution in [2.75, 3.05) is 6.61 Å². The van der Waals surface area contributed by atoms with Crippen molar-refractivity contribution in [3.05, 3.63) is 63.6 Å². The van der Waals surface area contributed by atoms with Crippen LogP contribution in [0.1, 0.15) is 36.9 Å². The molecule has 0 amide bonds. The number of hydrogen-bond donors (Lipinski definition) is 1. The zero-order valence-corrected chi connectivity index (χ0v) is 13.7. The number of hydrogen-bond acceptors (Lipinski definition) is 2. The Bertz CT molecular complexity index is 601. The minimum absolute atomic E-state index is 0.137. The molecule has 112 valence electrons. The monoisotopic (exact) mass is 323 g/mol. The highest BCUT2D eigenvalue weighted by Crippen LogP contribution is 2.38. The molecule has 0 fully saturated rings. The van der Waals surface area contributed by atoms with Gasteiger partial charge in [0.15, 0.2) is 0 Å². The second-order valence-corrected chi connectivity index (χ2v) is 5.78. The molecule has 0 aromatic heterocycles. The third-order valence-corrected chi connectivity index (χ3v) is 4.20. The average Bonchev–Trinajstić information content (AvgIpc) is 2.50. The SMILES string of the molecule is CCOc1cc(Cl)c(C(N)C(C)c2ccccc2)cc1Cl. The maximum absolute atomic E-state index is 6.38. The lowest BCUT2D eigenvalue weighted by Gasteiger charge is -2.22. The summed E-state index contributed by atoms with van der Waals surface area (Å²) in [6.07, 6.45) is 0. The van der Waals surface area contributed by atoms with Gasteiger partial charge in [-0.05, 0) is 24.1 Å². The number of halogens is 2. The summed E-state index contributed by atoms with van der Waals surface area (Å²) in [5, 5.41) is 1.12. The van der Waals surface area contributed by atoms with Crippen molar-refractivity contribution in [2.45, 2.75) is 25.8 Å². The van der Waals surface area contributed by atoms with Gasteiger partial charge in [-0.25, -0.2) is 0 Å². The van der Waals surface area contributed by atoms with Crippen LogP contribution in [0.3, 0.4) is 0 Å². The molecule has 2 aromatic rings. The summed E-state index contributed by atoms with van der Waals surface area (Å²) in [4.78, 5) is 0.